The molecule has 5 nitrogen and oxygen atoms in total. The van der Waals surface area contributed by atoms with Crippen LogP contribution < -0.4 is 5.73 Å². The number of anilines is 1. The highest BCUT2D eigenvalue weighted by molar-refractivity contribution is 5.99. The van der Waals surface area contributed by atoms with Crippen molar-refractivity contribution in [3.63, 3.8) is 0 Å². The van der Waals surface area contributed by atoms with E-state index in [4.69, 9.17) is 11.0 Å². The second-order valence-electron chi connectivity index (χ2n) is 4.83. The normalized spacial score (nSPS) is 11.8. The van der Waals surface area contributed by atoms with Crippen LogP contribution in [0.4, 0.5) is 5.69 Å². The van der Waals surface area contributed by atoms with Crippen molar-refractivity contribution < 1.29 is 4.79 Å². The van der Waals surface area contributed by atoms with Gasteiger partial charge in [-0.1, -0.05) is 18.2 Å². The van der Waals surface area contributed by atoms with Gasteiger partial charge in [0.05, 0.1) is 17.5 Å². The van der Waals surface area contributed by atoms with Gasteiger partial charge in [-0.3, -0.25) is 4.79 Å². The van der Waals surface area contributed by atoms with Gasteiger partial charge < -0.3 is 10.6 Å². The Morgan fingerprint density at radius 1 is 1.50 bits per heavy atom. The molecule has 1 heterocycles. The lowest BCUT2D eigenvalue weighted by Gasteiger charge is -2.18. The van der Waals surface area contributed by atoms with Crippen LogP contribution in [0.3, 0.4) is 0 Å². The van der Waals surface area contributed by atoms with Crippen LogP contribution in [0.15, 0.2) is 30.3 Å². The Labute approximate surface area is 117 Å². The number of benzene rings is 1. The smallest absolute Gasteiger partial charge is 0.272 e. The van der Waals surface area contributed by atoms with E-state index >= 15 is 0 Å². The Kier molecular flexibility index (Phi) is 3.85. The zero-order valence-electron chi connectivity index (χ0n) is 11.5. The summed E-state index contributed by atoms with van der Waals surface area (Å²) in [5, 5.41) is 9.63. The third kappa shape index (κ3) is 2.69. The molecule has 0 saturated heterocycles. The Balaban J connectivity index is 2.33. The molecule has 2 rings (SSSR count). The quantitative estimate of drug-likeness (QED) is 0.923. The summed E-state index contributed by atoms with van der Waals surface area (Å²) in [7, 11) is 1.66. The highest BCUT2D eigenvalue weighted by Gasteiger charge is 2.17. The topological polar surface area (TPSA) is 83.0 Å². The number of carbonyl (C=O) groups is 1. The van der Waals surface area contributed by atoms with Gasteiger partial charge in [0.15, 0.2) is 0 Å². The number of para-hydroxylation sites is 1. The van der Waals surface area contributed by atoms with Crippen LogP contribution >= 0.6 is 0 Å². The number of pyridine rings is 1. The molecule has 1 aromatic carbocycles. The molecule has 0 aliphatic heterocycles. The lowest BCUT2D eigenvalue weighted by Crippen LogP contribution is -2.31. The molecule has 1 aromatic heterocycles. The first-order valence-corrected chi connectivity index (χ1v) is 6.33. The van der Waals surface area contributed by atoms with E-state index in [-0.39, 0.29) is 11.8 Å². The molecule has 0 bridgehead atoms. The second-order valence-corrected chi connectivity index (χ2v) is 4.83. The van der Waals surface area contributed by atoms with Gasteiger partial charge in [0.1, 0.15) is 5.69 Å². The van der Waals surface area contributed by atoms with Gasteiger partial charge in [-0.15, -0.1) is 0 Å². The average Bonchev–Trinajstić information content (AvgIpc) is 2.46. The number of amides is 1. The van der Waals surface area contributed by atoms with Crippen LogP contribution in [0.2, 0.25) is 0 Å². The van der Waals surface area contributed by atoms with Gasteiger partial charge in [-0.25, -0.2) is 4.98 Å². The summed E-state index contributed by atoms with van der Waals surface area (Å²) >= 11 is 0. The van der Waals surface area contributed by atoms with E-state index in [1.807, 2.05) is 24.3 Å². The molecular formula is C15H16N4O. The van der Waals surface area contributed by atoms with Gasteiger partial charge in [-0.05, 0) is 19.1 Å². The van der Waals surface area contributed by atoms with Crippen LogP contribution in [-0.4, -0.2) is 29.4 Å². The van der Waals surface area contributed by atoms with Gasteiger partial charge in [0.25, 0.3) is 5.91 Å². The van der Waals surface area contributed by atoms with Crippen molar-refractivity contribution in [2.45, 2.75) is 6.92 Å². The molecule has 2 aromatic rings. The largest absolute Gasteiger partial charge is 0.398 e. The number of nitrogens with two attached hydrogens (primary N) is 1. The summed E-state index contributed by atoms with van der Waals surface area (Å²) in [6.07, 6.45) is 0. The van der Waals surface area contributed by atoms with Crippen LogP contribution in [0.5, 0.6) is 0 Å². The second kappa shape index (κ2) is 5.57. The Bertz CT molecular complexity index is 690. The lowest BCUT2D eigenvalue weighted by molar-refractivity contribution is 0.0780. The number of nitriles is 1. The molecule has 1 atom stereocenters. The van der Waals surface area contributed by atoms with Gasteiger partial charge >= 0.3 is 0 Å². The van der Waals surface area contributed by atoms with Crippen molar-refractivity contribution in [1.29, 1.82) is 5.26 Å². The zero-order valence-corrected chi connectivity index (χ0v) is 11.5. The van der Waals surface area contributed by atoms with Gasteiger partial charge in [-0.2, -0.15) is 5.26 Å². The summed E-state index contributed by atoms with van der Waals surface area (Å²) in [6.45, 7) is 2.13. The minimum absolute atomic E-state index is 0.221. The molecule has 1 amide bonds. The van der Waals surface area contributed by atoms with Crippen LogP contribution in [0.25, 0.3) is 10.9 Å². The summed E-state index contributed by atoms with van der Waals surface area (Å²) in [6, 6.07) is 11.1. The maximum atomic E-state index is 12.3. The third-order valence-corrected chi connectivity index (χ3v) is 3.08. The maximum Gasteiger partial charge on any atom is 0.272 e. The Hall–Kier alpha value is -2.61. The molecule has 0 aliphatic rings. The highest BCUT2D eigenvalue weighted by atomic mass is 16.2. The summed E-state index contributed by atoms with van der Waals surface area (Å²) in [4.78, 5) is 18.1. The van der Waals surface area contributed by atoms with E-state index in [1.165, 1.54) is 4.90 Å². The molecule has 102 valence electrons. The van der Waals surface area contributed by atoms with Crippen molar-refractivity contribution in [2.75, 3.05) is 19.3 Å². The number of aromatic nitrogens is 1. The number of carbonyl (C=O) groups excluding carboxylic acids is 1. The fraction of sp³-hybridized carbons (Fsp3) is 0.267. The summed E-state index contributed by atoms with van der Waals surface area (Å²) < 4.78 is 0. The number of hydrogen-bond acceptors (Lipinski definition) is 4. The fourth-order valence-corrected chi connectivity index (χ4v) is 2.04. The number of nitrogen functional groups attached to an aromatic ring is 1. The van der Waals surface area contributed by atoms with E-state index in [1.54, 1.807) is 20.0 Å². The molecular weight excluding hydrogens is 252 g/mol. The zero-order chi connectivity index (χ0) is 14.7. The SMILES string of the molecule is CC(C#N)CN(C)C(=O)c1cc(N)c2ccccc2n1. The van der Waals surface area contributed by atoms with E-state index in [0.29, 0.717) is 23.4 Å². The maximum absolute atomic E-state index is 12.3. The molecule has 0 spiro atoms. The summed E-state index contributed by atoms with van der Waals surface area (Å²) in [5.41, 5.74) is 7.48. The van der Waals surface area contributed by atoms with Crippen LogP contribution in [0.1, 0.15) is 17.4 Å². The minimum Gasteiger partial charge on any atom is -0.398 e. The first kappa shape index (κ1) is 13.8. The van der Waals surface area contributed by atoms with Crippen molar-refractivity contribution in [3.05, 3.63) is 36.0 Å². The van der Waals surface area contributed by atoms with Crippen LogP contribution in [-0.2, 0) is 0 Å². The fourth-order valence-electron chi connectivity index (χ4n) is 2.04. The average molecular weight is 268 g/mol. The van der Waals surface area contributed by atoms with E-state index < -0.39 is 0 Å². The third-order valence-electron chi connectivity index (χ3n) is 3.08. The molecule has 5 heteroatoms. The molecule has 0 fully saturated rings. The van der Waals surface area contributed by atoms with E-state index in [2.05, 4.69) is 11.1 Å². The molecule has 0 aliphatic carbocycles. The Morgan fingerprint density at radius 2 is 2.20 bits per heavy atom. The predicted molar refractivity (Wildman–Crippen MR) is 77.9 cm³/mol. The molecule has 2 N–H and O–H groups in total. The molecule has 1 unspecified atom stereocenters. The number of rotatable bonds is 3. The van der Waals surface area contributed by atoms with Crippen molar-refractivity contribution in [1.82, 2.24) is 9.88 Å². The van der Waals surface area contributed by atoms with Crippen molar-refractivity contribution in [2.24, 2.45) is 5.92 Å². The molecule has 0 saturated carbocycles. The Morgan fingerprint density at radius 3 is 2.90 bits per heavy atom. The monoisotopic (exact) mass is 268 g/mol. The summed E-state index contributed by atoms with van der Waals surface area (Å²) in [5.74, 6) is -0.452. The first-order valence-electron chi connectivity index (χ1n) is 6.33. The standard InChI is InChI=1S/C15H16N4O/c1-10(8-16)9-19(2)15(20)14-7-12(17)11-5-3-4-6-13(11)18-14/h3-7,10H,9H2,1-2H3,(H2,17,18). The van der Waals surface area contributed by atoms with E-state index in [0.717, 1.165) is 5.39 Å². The van der Waals surface area contributed by atoms with Gasteiger partial charge in [0, 0.05) is 24.7 Å². The molecule has 20 heavy (non-hydrogen) atoms. The van der Waals surface area contributed by atoms with Crippen LogP contribution in [0, 0.1) is 17.2 Å². The number of hydrogen-bond donors (Lipinski definition) is 1. The van der Waals surface area contributed by atoms with Gasteiger partial charge in [0.2, 0.25) is 0 Å². The van der Waals surface area contributed by atoms with Crippen molar-refractivity contribution >= 4 is 22.5 Å². The number of nitrogens with zero attached hydrogens (tertiary/aromatic N) is 3. The predicted octanol–water partition coefficient (Wildman–Crippen LogP) is 2.05. The minimum atomic E-state index is -0.232. The lowest BCUT2D eigenvalue weighted by atomic mass is 10.1. The van der Waals surface area contributed by atoms with E-state index in [9.17, 15) is 4.79 Å². The number of fused-ring (bicyclic) bond motifs is 1. The first-order chi connectivity index (χ1) is 9.52. The van der Waals surface area contributed by atoms with Crippen molar-refractivity contribution in [3.8, 4) is 6.07 Å². The highest BCUT2D eigenvalue weighted by Crippen LogP contribution is 2.20. The molecule has 0 radical (unpaired) electrons.